The standard InChI is InChI=1S/C11H18N4O2/c1-4-12-9(16)5-6-13-11(17)10-7(2)14-15-8(10)3/h4-6H2,1-3H3,(H,12,16)(H,13,17)(H,14,15). The summed E-state index contributed by atoms with van der Waals surface area (Å²) in [5.41, 5.74) is 1.96. The largest absolute Gasteiger partial charge is 0.356 e. The molecule has 0 aliphatic carbocycles. The van der Waals surface area contributed by atoms with E-state index in [1.54, 1.807) is 13.8 Å². The third kappa shape index (κ3) is 3.58. The first-order valence-corrected chi connectivity index (χ1v) is 5.62. The van der Waals surface area contributed by atoms with Gasteiger partial charge in [0.05, 0.1) is 11.3 Å². The number of aromatic nitrogens is 2. The van der Waals surface area contributed by atoms with Gasteiger partial charge in [-0.2, -0.15) is 5.10 Å². The monoisotopic (exact) mass is 238 g/mol. The molecule has 0 bridgehead atoms. The summed E-state index contributed by atoms with van der Waals surface area (Å²) in [6.07, 6.45) is 0.287. The van der Waals surface area contributed by atoms with Crippen molar-refractivity contribution in [2.24, 2.45) is 0 Å². The fraction of sp³-hybridized carbons (Fsp3) is 0.545. The zero-order valence-electron chi connectivity index (χ0n) is 10.4. The maximum atomic E-state index is 11.8. The lowest BCUT2D eigenvalue weighted by Crippen LogP contribution is -2.31. The van der Waals surface area contributed by atoms with Crippen molar-refractivity contribution in [3.63, 3.8) is 0 Å². The van der Waals surface area contributed by atoms with E-state index in [4.69, 9.17) is 0 Å². The molecule has 0 aliphatic rings. The van der Waals surface area contributed by atoms with Crippen LogP contribution in [0.3, 0.4) is 0 Å². The molecule has 0 saturated heterocycles. The number of aryl methyl sites for hydroxylation is 2. The average molecular weight is 238 g/mol. The number of carbonyl (C=O) groups excluding carboxylic acids is 2. The predicted octanol–water partition coefficient (Wildman–Crippen LogP) is 0.283. The van der Waals surface area contributed by atoms with Crippen molar-refractivity contribution in [2.45, 2.75) is 27.2 Å². The van der Waals surface area contributed by atoms with E-state index in [-0.39, 0.29) is 18.2 Å². The van der Waals surface area contributed by atoms with Gasteiger partial charge in [0.1, 0.15) is 0 Å². The zero-order chi connectivity index (χ0) is 12.8. The van der Waals surface area contributed by atoms with Crippen molar-refractivity contribution in [1.29, 1.82) is 0 Å². The van der Waals surface area contributed by atoms with E-state index in [0.717, 1.165) is 5.69 Å². The molecule has 0 aliphatic heterocycles. The van der Waals surface area contributed by atoms with Crippen molar-refractivity contribution >= 4 is 11.8 Å². The molecule has 1 aromatic rings. The molecule has 2 amide bonds. The number of rotatable bonds is 5. The number of aromatic amines is 1. The van der Waals surface area contributed by atoms with Crippen LogP contribution in [-0.4, -0.2) is 35.1 Å². The molecule has 0 atom stereocenters. The van der Waals surface area contributed by atoms with Crippen LogP contribution in [-0.2, 0) is 4.79 Å². The molecule has 0 unspecified atom stereocenters. The number of amides is 2. The molecule has 1 heterocycles. The van der Waals surface area contributed by atoms with E-state index in [2.05, 4.69) is 20.8 Å². The van der Waals surface area contributed by atoms with Crippen LogP contribution >= 0.6 is 0 Å². The minimum Gasteiger partial charge on any atom is -0.356 e. The first kappa shape index (κ1) is 13.2. The van der Waals surface area contributed by atoms with Crippen LogP contribution in [0.1, 0.15) is 35.1 Å². The van der Waals surface area contributed by atoms with Crippen LogP contribution in [0.5, 0.6) is 0 Å². The molecule has 3 N–H and O–H groups in total. The lowest BCUT2D eigenvalue weighted by Gasteiger charge is -2.05. The molecule has 0 aromatic carbocycles. The molecule has 0 fully saturated rings. The number of carbonyl (C=O) groups is 2. The van der Waals surface area contributed by atoms with Crippen molar-refractivity contribution in [1.82, 2.24) is 20.8 Å². The van der Waals surface area contributed by atoms with Crippen molar-refractivity contribution in [3.8, 4) is 0 Å². The van der Waals surface area contributed by atoms with Gasteiger partial charge in [-0.3, -0.25) is 14.7 Å². The Kier molecular flexibility index (Phi) is 4.68. The highest BCUT2D eigenvalue weighted by atomic mass is 16.2. The molecular formula is C11H18N4O2. The fourth-order valence-corrected chi connectivity index (χ4v) is 1.55. The highest BCUT2D eigenvalue weighted by Crippen LogP contribution is 2.08. The van der Waals surface area contributed by atoms with Crippen LogP contribution < -0.4 is 10.6 Å². The molecular weight excluding hydrogens is 220 g/mol. The Morgan fingerprint density at radius 3 is 2.53 bits per heavy atom. The Bertz CT molecular complexity index is 392. The number of hydrogen-bond acceptors (Lipinski definition) is 3. The second kappa shape index (κ2) is 6.03. The average Bonchev–Trinajstić information content (AvgIpc) is 2.59. The van der Waals surface area contributed by atoms with Crippen LogP contribution in [0.2, 0.25) is 0 Å². The first-order valence-electron chi connectivity index (χ1n) is 5.62. The van der Waals surface area contributed by atoms with Crippen molar-refractivity contribution in [2.75, 3.05) is 13.1 Å². The Morgan fingerprint density at radius 1 is 1.29 bits per heavy atom. The number of nitrogens with one attached hydrogen (secondary N) is 3. The van der Waals surface area contributed by atoms with Gasteiger partial charge in [-0.1, -0.05) is 0 Å². The van der Waals surface area contributed by atoms with Gasteiger partial charge in [0, 0.05) is 25.2 Å². The number of nitrogens with zero attached hydrogens (tertiary/aromatic N) is 1. The molecule has 17 heavy (non-hydrogen) atoms. The minimum absolute atomic E-state index is 0.0616. The second-order valence-corrected chi connectivity index (χ2v) is 3.77. The van der Waals surface area contributed by atoms with E-state index < -0.39 is 0 Å². The van der Waals surface area contributed by atoms with Gasteiger partial charge in [-0.15, -0.1) is 0 Å². The third-order valence-corrected chi connectivity index (χ3v) is 2.37. The summed E-state index contributed by atoms with van der Waals surface area (Å²) in [6, 6.07) is 0. The van der Waals surface area contributed by atoms with Gasteiger partial charge in [0.15, 0.2) is 0 Å². The Morgan fingerprint density at radius 2 is 2.00 bits per heavy atom. The summed E-state index contributed by atoms with van der Waals surface area (Å²) in [7, 11) is 0. The van der Waals surface area contributed by atoms with Gasteiger partial charge >= 0.3 is 0 Å². The predicted molar refractivity (Wildman–Crippen MR) is 63.7 cm³/mol. The highest BCUT2D eigenvalue weighted by Gasteiger charge is 2.14. The summed E-state index contributed by atoms with van der Waals surface area (Å²) < 4.78 is 0. The van der Waals surface area contributed by atoms with E-state index in [0.29, 0.717) is 24.3 Å². The van der Waals surface area contributed by atoms with Crippen LogP contribution in [0.4, 0.5) is 0 Å². The smallest absolute Gasteiger partial charge is 0.255 e. The van der Waals surface area contributed by atoms with Gasteiger partial charge in [0.2, 0.25) is 5.91 Å². The summed E-state index contributed by atoms with van der Waals surface area (Å²) in [6.45, 7) is 6.34. The first-order chi connectivity index (χ1) is 8.06. The summed E-state index contributed by atoms with van der Waals surface area (Å²) in [5.74, 6) is -0.258. The lowest BCUT2D eigenvalue weighted by molar-refractivity contribution is -0.120. The highest BCUT2D eigenvalue weighted by molar-refractivity contribution is 5.96. The van der Waals surface area contributed by atoms with Crippen molar-refractivity contribution in [3.05, 3.63) is 17.0 Å². The summed E-state index contributed by atoms with van der Waals surface area (Å²) >= 11 is 0. The Hall–Kier alpha value is -1.85. The Balaban J connectivity index is 2.43. The molecule has 6 heteroatoms. The van der Waals surface area contributed by atoms with Gasteiger partial charge in [0.25, 0.3) is 5.91 Å². The van der Waals surface area contributed by atoms with E-state index in [9.17, 15) is 9.59 Å². The molecule has 1 rings (SSSR count). The van der Waals surface area contributed by atoms with Crippen LogP contribution in [0, 0.1) is 13.8 Å². The van der Waals surface area contributed by atoms with Gasteiger partial charge < -0.3 is 10.6 Å². The maximum absolute atomic E-state index is 11.8. The zero-order valence-corrected chi connectivity index (χ0v) is 10.4. The van der Waals surface area contributed by atoms with Crippen LogP contribution in [0.25, 0.3) is 0 Å². The molecule has 6 nitrogen and oxygen atoms in total. The van der Waals surface area contributed by atoms with E-state index in [1.165, 1.54) is 0 Å². The third-order valence-electron chi connectivity index (χ3n) is 2.37. The molecule has 1 aromatic heterocycles. The second-order valence-electron chi connectivity index (χ2n) is 3.77. The topological polar surface area (TPSA) is 86.9 Å². The quantitative estimate of drug-likeness (QED) is 0.688. The van der Waals surface area contributed by atoms with E-state index >= 15 is 0 Å². The summed E-state index contributed by atoms with van der Waals surface area (Å²) in [4.78, 5) is 22.9. The number of H-pyrrole nitrogens is 1. The minimum atomic E-state index is -0.196. The maximum Gasteiger partial charge on any atom is 0.255 e. The fourth-order valence-electron chi connectivity index (χ4n) is 1.55. The molecule has 0 saturated carbocycles. The molecule has 94 valence electrons. The summed E-state index contributed by atoms with van der Waals surface area (Å²) in [5, 5.41) is 12.1. The Labute approximate surface area is 100 Å². The normalized spacial score (nSPS) is 10.1. The number of hydrogen-bond donors (Lipinski definition) is 3. The van der Waals surface area contributed by atoms with Gasteiger partial charge in [-0.05, 0) is 20.8 Å². The van der Waals surface area contributed by atoms with Crippen molar-refractivity contribution < 1.29 is 9.59 Å². The van der Waals surface area contributed by atoms with Gasteiger partial charge in [-0.25, -0.2) is 0 Å². The van der Waals surface area contributed by atoms with Crippen LogP contribution in [0.15, 0.2) is 0 Å². The SMILES string of the molecule is CCNC(=O)CCNC(=O)c1c(C)n[nH]c1C. The van der Waals surface area contributed by atoms with E-state index in [1.807, 2.05) is 6.92 Å². The molecule has 0 radical (unpaired) electrons. The molecule has 0 spiro atoms. The lowest BCUT2D eigenvalue weighted by atomic mass is 10.2.